The number of methoxy groups -OCH3 is 2. The zero-order valence-electron chi connectivity index (χ0n) is 7.97. The Balaban J connectivity index is -0.0000000457. The highest BCUT2D eigenvalue weighted by molar-refractivity contribution is 4.27. The molecule has 2 heteroatoms. The van der Waals surface area contributed by atoms with Gasteiger partial charge in [0.1, 0.15) is 0 Å². The zero-order valence-corrected chi connectivity index (χ0v) is 7.97. The average molecular weight is 180 g/mol. The topological polar surface area (TPSA) is 18.5 Å². The van der Waals surface area contributed by atoms with E-state index in [0.29, 0.717) is 12.2 Å². The summed E-state index contributed by atoms with van der Waals surface area (Å²) in [5.41, 5.74) is 0. The lowest BCUT2D eigenvalue weighted by Crippen LogP contribution is -1.94. The highest BCUT2D eigenvalue weighted by Gasteiger charge is 1.79. The summed E-state index contributed by atoms with van der Waals surface area (Å²) >= 11 is 0. The van der Waals surface area contributed by atoms with Crippen molar-refractivity contribution in [1.29, 1.82) is 0 Å². The van der Waals surface area contributed by atoms with E-state index in [4.69, 9.17) is 9.47 Å². The van der Waals surface area contributed by atoms with Crippen LogP contribution in [0.15, 0.2) is 0 Å². The highest BCUT2D eigenvalue weighted by atomic mass is 16.5. The summed E-state index contributed by atoms with van der Waals surface area (Å²) in [6.45, 7) is 8.00. The van der Waals surface area contributed by atoms with Gasteiger partial charge in [-0.15, -0.1) is 0 Å². The minimum Gasteiger partial charge on any atom is -0.382 e. The predicted octanol–water partition coefficient (Wildman–Crippen LogP) is 3.35. The fraction of sp³-hybridized carbons (Fsp3) is 1.00. The van der Waals surface area contributed by atoms with Gasteiger partial charge in [0, 0.05) is 14.2 Å². The minimum atomic E-state index is 0. The van der Waals surface area contributed by atoms with E-state index in [1.165, 1.54) is 0 Å². The van der Waals surface area contributed by atoms with Gasteiger partial charge in [-0.2, -0.15) is 0 Å². The van der Waals surface area contributed by atoms with Crippen molar-refractivity contribution in [2.45, 2.75) is 54.8 Å². The van der Waals surface area contributed by atoms with E-state index in [1.807, 2.05) is 27.7 Å². The lowest BCUT2D eigenvalue weighted by atomic mass is 10.5. The Bertz CT molecular complexity index is 43.8. The Morgan fingerprint density at radius 3 is 0.750 bits per heavy atom. The van der Waals surface area contributed by atoms with Crippen molar-refractivity contribution < 1.29 is 9.47 Å². The normalized spacial score (nSPS) is 8.00. The first-order valence-electron chi connectivity index (χ1n) is 3.60. The van der Waals surface area contributed by atoms with Crippen molar-refractivity contribution in [3.05, 3.63) is 0 Å². The molecule has 0 saturated heterocycles. The molecule has 80 valence electrons. The maximum Gasteiger partial charge on any atom is 0.0515 e. The standard InChI is InChI=1S/2C4H10O.2CH4/c2*1-4(2)5-3;;/h2*4H,1-3H3;2*1H4. The quantitative estimate of drug-likeness (QED) is 0.649. The second kappa shape index (κ2) is 17.1. The van der Waals surface area contributed by atoms with Crippen LogP contribution in [0.2, 0.25) is 0 Å². The van der Waals surface area contributed by atoms with Crippen LogP contribution in [0.25, 0.3) is 0 Å². The van der Waals surface area contributed by atoms with E-state index in [2.05, 4.69) is 0 Å². The van der Waals surface area contributed by atoms with E-state index < -0.39 is 0 Å². The third-order valence-electron chi connectivity index (χ3n) is 0.943. The summed E-state index contributed by atoms with van der Waals surface area (Å²) in [4.78, 5) is 0. The van der Waals surface area contributed by atoms with E-state index >= 15 is 0 Å². The summed E-state index contributed by atoms with van der Waals surface area (Å²) in [5.74, 6) is 0. The third kappa shape index (κ3) is 51.4. The molecule has 0 atom stereocenters. The minimum absolute atomic E-state index is 0. The van der Waals surface area contributed by atoms with Crippen LogP contribution in [0, 0.1) is 0 Å². The molecule has 0 radical (unpaired) electrons. The Morgan fingerprint density at radius 2 is 0.750 bits per heavy atom. The molecule has 0 N–H and O–H groups in total. The average Bonchev–Trinajstić information content (AvgIpc) is 1.89. The van der Waals surface area contributed by atoms with Crippen LogP contribution in [-0.4, -0.2) is 26.4 Å². The molecule has 0 fully saturated rings. The number of ether oxygens (including phenoxy) is 2. The number of hydrogen-bond acceptors (Lipinski definition) is 2. The van der Waals surface area contributed by atoms with E-state index in [1.54, 1.807) is 14.2 Å². The first-order valence-corrected chi connectivity index (χ1v) is 3.60. The van der Waals surface area contributed by atoms with E-state index in [-0.39, 0.29) is 14.9 Å². The number of rotatable bonds is 2. The molecule has 0 heterocycles. The van der Waals surface area contributed by atoms with Gasteiger partial charge in [0.25, 0.3) is 0 Å². The predicted molar refractivity (Wildman–Crippen MR) is 57.8 cm³/mol. The zero-order chi connectivity index (χ0) is 8.57. The van der Waals surface area contributed by atoms with E-state index in [0.717, 1.165) is 0 Å². The van der Waals surface area contributed by atoms with Crippen molar-refractivity contribution in [3.63, 3.8) is 0 Å². The molecule has 0 spiro atoms. The lowest BCUT2D eigenvalue weighted by molar-refractivity contribution is 0.134. The molecule has 0 aromatic heterocycles. The van der Waals surface area contributed by atoms with Crippen molar-refractivity contribution in [2.24, 2.45) is 0 Å². The van der Waals surface area contributed by atoms with Gasteiger partial charge in [0.2, 0.25) is 0 Å². The van der Waals surface area contributed by atoms with Crippen molar-refractivity contribution in [2.75, 3.05) is 14.2 Å². The second-order valence-corrected chi connectivity index (χ2v) is 2.57. The summed E-state index contributed by atoms with van der Waals surface area (Å²) in [6.07, 6.45) is 0.769. The molecular formula is C10H28O2. The summed E-state index contributed by atoms with van der Waals surface area (Å²) in [5, 5.41) is 0. The summed E-state index contributed by atoms with van der Waals surface area (Å²) < 4.78 is 9.50. The Morgan fingerprint density at radius 1 is 0.667 bits per heavy atom. The molecule has 0 aromatic rings. The van der Waals surface area contributed by atoms with Crippen molar-refractivity contribution >= 4 is 0 Å². The van der Waals surface area contributed by atoms with Crippen LogP contribution in [-0.2, 0) is 9.47 Å². The lowest BCUT2D eigenvalue weighted by Gasteiger charge is -1.94. The second-order valence-electron chi connectivity index (χ2n) is 2.57. The van der Waals surface area contributed by atoms with Gasteiger partial charge < -0.3 is 9.47 Å². The maximum atomic E-state index is 4.75. The molecule has 0 aliphatic rings. The first kappa shape index (κ1) is 22.7. The highest BCUT2D eigenvalue weighted by Crippen LogP contribution is 1.78. The van der Waals surface area contributed by atoms with Crippen LogP contribution < -0.4 is 0 Å². The molecule has 0 amide bonds. The smallest absolute Gasteiger partial charge is 0.0515 e. The molecule has 0 aliphatic heterocycles. The first-order chi connectivity index (χ1) is 4.54. The Kier molecular flexibility index (Phi) is 32.4. The molecule has 0 rings (SSSR count). The van der Waals surface area contributed by atoms with Crippen LogP contribution in [0.1, 0.15) is 42.5 Å². The van der Waals surface area contributed by atoms with Gasteiger partial charge in [-0.3, -0.25) is 0 Å². The van der Waals surface area contributed by atoms with Gasteiger partial charge in [0.15, 0.2) is 0 Å². The van der Waals surface area contributed by atoms with Gasteiger partial charge in [0.05, 0.1) is 12.2 Å². The molecule has 0 saturated carbocycles. The van der Waals surface area contributed by atoms with Crippen molar-refractivity contribution in [1.82, 2.24) is 0 Å². The van der Waals surface area contributed by atoms with Crippen LogP contribution in [0.5, 0.6) is 0 Å². The monoisotopic (exact) mass is 180 g/mol. The number of hydrogen-bond donors (Lipinski definition) is 0. The summed E-state index contributed by atoms with van der Waals surface area (Å²) in [6, 6.07) is 0. The maximum absolute atomic E-state index is 4.75. The van der Waals surface area contributed by atoms with Gasteiger partial charge in [-0.05, 0) is 27.7 Å². The molecule has 12 heavy (non-hydrogen) atoms. The van der Waals surface area contributed by atoms with Gasteiger partial charge in [-0.25, -0.2) is 0 Å². The SMILES string of the molecule is C.C.COC(C)C.COC(C)C. The van der Waals surface area contributed by atoms with E-state index in [9.17, 15) is 0 Å². The van der Waals surface area contributed by atoms with Gasteiger partial charge >= 0.3 is 0 Å². The van der Waals surface area contributed by atoms with Crippen molar-refractivity contribution in [3.8, 4) is 0 Å². The van der Waals surface area contributed by atoms with Crippen LogP contribution in [0.3, 0.4) is 0 Å². The summed E-state index contributed by atoms with van der Waals surface area (Å²) in [7, 11) is 3.40. The Labute approximate surface area is 79.3 Å². The largest absolute Gasteiger partial charge is 0.382 e. The molecule has 0 aliphatic carbocycles. The molecular weight excluding hydrogens is 152 g/mol. The van der Waals surface area contributed by atoms with Gasteiger partial charge in [-0.1, -0.05) is 14.9 Å². The third-order valence-corrected chi connectivity index (χ3v) is 0.943. The molecule has 0 aromatic carbocycles. The molecule has 2 nitrogen and oxygen atoms in total. The Hall–Kier alpha value is -0.0800. The molecule has 0 bridgehead atoms. The van der Waals surface area contributed by atoms with Crippen LogP contribution >= 0.6 is 0 Å². The fourth-order valence-electron chi connectivity index (χ4n) is 0. The van der Waals surface area contributed by atoms with Crippen LogP contribution in [0.4, 0.5) is 0 Å². The molecule has 0 unspecified atom stereocenters. The fourth-order valence-corrected chi connectivity index (χ4v) is 0.